The van der Waals surface area contributed by atoms with Crippen LogP contribution in [0.1, 0.15) is 8.35 Å². The fourth-order valence-electron chi connectivity index (χ4n) is 0. The minimum atomic E-state index is -1.83. The zero-order valence-corrected chi connectivity index (χ0v) is 12.8. The van der Waals surface area contributed by atoms with E-state index >= 15 is 0 Å². The minimum absolute atomic E-state index is 0. The van der Waals surface area contributed by atoms with Crippen molar-refractivity contribution in [2.24, 2.45) is 0 Å². The van der Waals surface area contributed by atoms with E-state index in [0.29, 0.717) is 0 Å². The molecule has 0 bridgehead atoms. The number of carbonyl (C=O) groups is 1. The predicted molar refractivity (Wildman–Crippen MR) is 31.2 cm³/mol. The SMILES string of the molecule is CCBr.O=C(O)O.[Cs+].[H-]. The molecule has 0 unspecified atom stereocenters. The van der Waals surface area contributed by atoms with Crippen LogP contribution in [0.25, 0.3) is 0 Å². The first kappa shape index (κ1) is 16.4. The second-order valence-electron chi connectivity index (χ2n) is 0.550. The van der Waals surface area contributed by atoms with E-state index in [2.05, 4.69) is 15.9 Å². The molecule has 0 saturated carbocycles. The molecule has 2 N–H and O–H groups in total. The van der Waals surface area contributed by atoms with E-state index in [1.807, 2.05) is 6.92 Å². The van der Waals surface area contributed by atoms with Gasteiger partial charge in [-0.1, -0.05) is 22.9 Å². The molecule has 0 amide bonds. The third-order valence-electron chi connectivity index (χ3n) is 0. The molecule has 0 saturated heterocycles. The Hall–Kier alpha value is 1.80. The summed E-state index contributed by atoms with van der Waals surface area (Å²) in [6.45, 7) is 2.04. The summed E-state index contributed by atoms with van der Waals surface area (Å²) in [5.74, 6) is 0. The summed E-state index contributed by atoms with van der Waals surface area (Å²) in [6.07, 6.45) is -1.83. The Morgan fingerprint density at radius 2 is 1.75 bits per heavy atom. The largest absolute Gasteiger partial charge is 1.00 e. The monoisotopic (exact) mass is 304 g/mol. The van der Waals surface area contributed by atoms with E-state index in [0.717, 1.165) is 5.33 Å². The molecule has 0 rings (SSSR count). The van der Waals surface area contributed by atoms with Crippen LogP contribution in [0.2, 0.25) is 0 Å². The number of rotatable bonds is 0. The maximum absolute atomic E-state index is 8.56. The van der Waals surface area contributed by atoms with Crippen LogP contribution in [0, 0.1) is 0 Å². The van der Waals surface area contributed by atoms with Crippen molar-refractivity contribution in [2.45, 2.75) is 6.92 Å². The number of hydrogen-bond donors (Lipinski definition) is 2. The van der Waals surface area contributed by atoms with Crippen molar-refractivity contribution in [2.75, 3.05) is 5.33 Å². The summed E-state index contributed by atoms with van der Waals surface area (Å²) < 4.78 is 0. The molecule has 0 aliphatic carbocycles. The molecular formula is C3H8BrCsO3. The summed E-state index contributed by atoms with van der Waals surface area (Å²) in [7, 11) is 0. The van der Waals surface area contributed by atoms with Gasteiger partial charge in [0.05, 0.1) is 0 Å². The maximum atomic E-state index is 8.56. The normalized spacial score (nSPS) is 5.25. The van der Waals surface area contributed by atoms with Crippen LogP contribution < -0.4 is 68.9 Å². The fraction of sp³-hybridized carbons (Fsp3) is 0.667. The first-order valence-corrected chi connectivity index (χ1v) is 2.75. The van der Waals surface area contributed by atoms with Crippen LogP contribution in [-0.4, -0.2) is 21.7 Å². The average molecular weight is 305 g/mol. The average Bonchev–Trinajstić information content (AvgIpc) is 1.33. The van der Waals surface area contributed by atoms with Crippen molar-refractivity contribution in [3.63, 3.8) is 0 Å². The van der Waals surface area contributed by atoms with E-state index in [1.165, 1.54) is 0 Å². The fourth-order valence-corrected chi connectivity index (χ4v) is 0. The van der Waals surface area contributed by atoms with Gasteiger partial charge in [-0.15, -0.1) is 0 Å². The van der Waals surface area contributed by atoms with Gasteiger partial charge in [-0.3, -0.25) is 0 Å². The molecule has 46 valence electrons. The van der Waals surface area contributed by atoms with Crippen molar-refractivity contribution in [1.29, 1.82) is 0 Å². The number of hydrogen-bond acceptors (Lipinski definition) is 1. The van der Waals surface area contributed by atoms with Gasteiger partial charge < -0.3 is 11.6 Å². The van der Waals surface area contributed by atoms with Crippen LogP contribution >= 0.6 is 15.9 Å². The third kappa shape index (κ3) is 111. The van der Waals surface area contributed by atoms with Crippen LogP contribution in [0.3, 0.4) is 0 Å². The van der Waals surface area contributed by atoms with Gasteiger partial charge in [-0.25, -0.2) is 4.79 Å². The van der Waals surface area contributed by atoms with Crippen molar-refractivity contribution in [3.05, 3.63) is 0 Å². The van der Waals surface area contributed by atoms with Crippen molar-refractivity contribution in [3.8, 4) is 0 Å². The molecule has 0 atom stereocenters. The molecule has 0 aromatic heterocycles. The smallest absolute Gasteiger partial charge is 1.00 e. The van der Waals surface area contributed by atoms with Gasteiger partial charge in [0.15, 0.2) is 0 Å². The van der Waals surface area contributed by atoms with Gasteiger partial charge in [0.25, 0.3) is 0 Å². The summed E-state index contributed by atoms with van der Waals surface area (Å²) in [5.41, 5.74) is 0. The molecule has 0 aromatic rings. The molecule has 0 spiro atoms. The molecular weight excluding hydrogens is 297 g/mol. The number of alkyl halides is 1. The molecule has 0 aliphatic rings. The first-order chi connectivity index (χ1) is 3.15. The Kier molecular flexibility index (Phi) is 32.7. The minimum Gasteiger partial charge on any atom is -1.00 e. The van der Waals surface area contributed by atoms with Gasteiger partial charge in [0.1, 0.15) is 0 Å². The Bertz CT molecular complexity index is 50.3. The quantitative estimate of drug-likeness (QED) is 0.549. The van der Waals surface area contributed by atoms with Gasteiger partial charge in [0, 0.05) is 5.33 Å². The molecule has 8 heavy (non-hydrogen) atoms. The van der Waals surface area contributed by atoms with E-state index in [1.54, 1.807) is 0 Å². The zero-order valence-electron chi connectivity index (χ0n) is 5.89. The molecule has 3 nitrogen and oxygen atoms in total. The zero-order chi connectivity index (χ0) is 6.28. The Labute approximate surface area is 117 Å². The van der Waals surface area contributed by atoms with Crippen molar-refractivity contribution < 1.29 is 85.3 Å². The maximum Gasteiger partial charge on any atom is 1.00 e. The second kappa shape index (κ2) is 15.9. The standard InChI is InChI=1S/C2H5Br.CH2O3.Cs.H/c1-2-3;2-1(3)4;;/h2H2,1H3;(H2,2,3,4);;/q;;+1;-1. The van der Waals surface area contributed by atoms with Crippen LogP contribution in [0.4, 0.5) is 4.79 Å². The predicted octanol–water partition coefficient (Wildman–Crippen LogP) is -1.26. The van der Waals surface area contributed by atoms with Gasteiger partial charge in [0.2, 0.25) is 0 Å². The summed E-state index contributed by atoms with van der Waals surface area (Å²) >= 11 is 3.15. The number of halogens is 1. The van der Waals surface area contributed by atoms with Gasteiger partial charge in [-0.2, -0.15) is 0 Å². The van der Waals surface area contributed by atoms with E-state index in [9.17, 15) is 0 Å². The Balaban J connectivity index is -0.0000000233. The molecule has 0 heterocycles. The molecule has 0 aliphatic heterocycles. The van der Waals surface area contributed by atoms with Gasteiger partial charge in [-0.05, 0) is 0 Å². The van der Waals surface area contributed by atoms with E-state index in [-0.39, 0.29) is 70.3 Å². The molecule has 0 aromatic carbocycles. The molecule has 0 fully saturated rings. The van der Waals surface area contributed by atoms with Gasteiger partial charge >= 0.3 is 75.0 Å². The summed E-state index contributed by atoms with van der Waals surface area (Å²) in [5, 5.41) is 15.0. The topological polar surface area (TPSA) is 57.5 Å². The van der Waals surface area contributed by atoms with Crippen LogP contribution in [-0.2, 0) is 0 Å². The van der Waals surface area contributed by atoms with Crippen LogP contribution in [0.15, 0.2) is 0 Å². The number of carboxylic acid groups (broad SMARTS) is 2. The first-order valence-electron chi connectivity index (χ1n) is 1.63. The van der Waals surface area contributed by atoms with Crippen molar-refractivity contribution in [1.82, 2.24) is 0 Å². The second-order valence-corrected chi connectivity index (χ2v) is 1.67. The van der Waals surface area contributed by atoms with E-state index in [4.69, 9.17) is 15.0 Å². The van der Waals surface area contributed by atoms with Crippen molar-refractivity contribution >= 4 is 22.1 Å². The summed E-state index contributed by atoms with van der Waals surface area (Å²) in [6, 6.07) is 0. The van der Waals surface area contributed by atoms with Crippen LogP contribution in [0.5, 0.6) is 0 Å². The molecule has 0 radical (unpaired) electrons. The Morgan fingerprint density at radius 1 is 1.75 bits per heavy atom. The molecule has 5 heteroatoms. The Morgan fingerprint density at radius 3 is 1.75 bits per heavy atom. The third-order valence-corrected chi connectivity index (χ3v) is 0. The summed E-state index contributed by atoms with van der Waals surface area (Å²) in [4.78, 5) is 8.56. The van der Waals surface area contributed by atoms with E-state index < -0.39 is 6.16 Å².